The molecule has 0 bridgehead atoms. The van der Waals surface area contributed by atoms with Crippen molar-refractivity contribution in [3.63, 3.8) is 0 Å². The molecule has 1 aromatic carbocycles. The van der Waals surface area contributed by atoms with Gasteiger partial charge < -0.3 is 15.0 Å². The molecular formula is C15H14Br2N2O3. The first-order chi connectivity index (χ1) is 10.4. The second-order valence-electron chi connectivity index (χ2n) is 4.74. The average molecular weight is 430 g/mol. The van der Waals surface area contributed by atoms with Crippen molar-refractivity contribution in [3.05, 3.63) is 55.3 Å². The third kappa shape index (κ3) is 4.20. The number of aryl methyl sites for hydroxylation is 1. The lowest BCUT2D eigenvalue weighted by Gasteiger charge is -2.15. The summed E-state index contributed by atoms with van der Waals surface area (Å²) >= 11 is 6.63. The van der Waals surface area contributed by atoms with Crippen LogP contribution in [0.1, 0.15) is 12.5 Å². The van der Waals surface area contributed by atoms with Crippen molar-refractivity contribution in [2.24, 2.45) is 0 Å². The van der Waals surface area contributed by atoms with Crippen LogP contribution in [-0.2, 0) is 4.79 Å². The van der Waals surface area contributed by atoms with E-state index in [-0.39, 0.29) is 11.2 Å². The molecule has 7 heteroatoms. The minimum Gasteiger partial charge on any atom is -0.480 e. The Labute approximate surface area is 144 Å². The molecule has 0 radical (unpaired) electrons. The van der Waals surface area contributed by atoms with E-state index in [0.29, 0.717) is 10.2 Å². The molecule has 1 heterocycles. The van der Waals surface area contributed by atoms with Crippen LogP contribution in [0, 0.1) is 6.92 Å². The van der Waals surface area contributed by atoms with E-state index < -0.39 is 12.0 Å². The molecule has 0 fully saturated rings. The van der Waals surface area contributed by atoms with Crippen molar-refractivity contribution in [2.75, 3.05) is 5.32 Å². The van der Waals surface area contributed by atoms with E-state index in [1.54, 1.807) is 13.0 Å². The van der Waals surface area contributed by atoms with Crippen molar-refractivity contribution >= 4 is 43.5 Å². The Hall–Kier alpha value is -1.60. The van der Waals surface area contributed by atoms with Gasteiger partial charge in [0, 0.05) is 10.7 Å². The normalized spacial score (nSPS) is 11.8. The predicted octanol–water partition coefficient (Wildman–Crippen LogP) is 3.61. The molecule has 0 saturated carbocycles. The molecule has 1 unspecified atom stereocenters. The number of carbonyl (C=O) groups excluding carboxylic acids is 1. The van der Waals surface area contributed by atoms with E-state index >= 15 is 0 Å². The summed E-state index contributed by atoms with van der Waals surface area (Å²) in [5.41, 5.74) is 0.870. The number of aromatic amines is 1. The molecule has 5 nitrogen and oxygen atoms in total. The molecule has 1 atom stereocenters. The molecule has 0 saturated heterocycles. The zero-order chi connectivity index (χ0) is 16.3. The van der Waals surface area contributed by atoms with Crippen molar-refractivity contribution in [1.29, 1.82) is 0 Å². The van der Waals surface area contributed by atoms with E-state index in [2.05, 4.69) is 42.2 Å². The zero-order valence-corrected chi connectivity index (χ0v) is 15.1. The maximum absolute atomic E-state index is 12.1. The van der Waals surface area contributed by atoms with E-state index in [0.717, 1.165) is 10.0 Å². The Morgan fingerprint density at radius 1 is 1.32 bits per heavy atom. The highest BCUT2D eigenvalue weighted by Gasteiger charge is 2.17. The SMILES string of the molecule is Cc1ccc(OC(C)C(=O)Nc2cc(Br)c[nH]c2=O)c(Br)c1. The quantitative estimate of drug-likeness (QED) is 0.779. The number of hydrogen-bond donors (Lipinski definition) is 2. The van der Waals surface area contributed by atoms with Gasteiger partial charge in [0.15, 0.2) is 6.10 Å². The lowest BCUT2D eigenvalue weighted by Crippen LogP contribution is -2.32. The van der Waals surface area contributed by atoms with Crippen LogP contribution in [0.5, 0.6) is 5.75 Å². The number of hydrogen-bond acceptors (Lipinski definition) is 3. The molecule has 0 spiro atoms. The van der Waals surface area contributed by atoms with Gasteiger partial charge in [-0.15, -0.1) is 0 Å². The van der Waals surface area contributed by atoms with E-state index in [1.165, 1.54) is 12.3 Å². The largest absolute Gasteiger partial charge is 0.480 e. The molecule has 2 rings (SSSR count). The van der Waals surface area contributed by atoms with Crippen LogP contribution in [0.25, 0.3) is 0 Å². The lowest BCUT2D eigenvalue weighted by molar-refractivity contribution is -0.122. The summed E-state index contributed by atoms with van der Waals surface area (Å²) in [6.45, 7) is 3.58. The first kappa shape index (κ1) is 16.8. The zero-order valence-electron chi connectivity index (χ0n) is 11.9. The Balaban J connectivity index is 2.09. The van der Waals surface area contributed by atoms with E-state index in [9.17, 15) is 9.59 Å². The fraction of sp³-hybridized carbons (Fsp3) is 0.200. The van der Waals surface area contributed by atoms with Gasteiger partial charge in [-0.3, -0.25) is 9.59 Å². The Bertz CT molecular complexity index is 759. The van der Waals surface area contributed by atoms with Crippen molar-refractivity contribution in [3.8, 4) is 5.75 Å². The van der Waals surface area contributed by atoms with Crippen LogP contribution in [0.4, 0.5) is 5.69 Å². The first-order valence-electron chi connectivity index (χ1n) is 6.48. The Kier molecular flexibility index (Phi) is 5.42. The van der Waals surface area contributed by atoms with Crippen molar-refractivity contribution in [2.45, 2.75) is 20.0 Å². The molecule has 2 N–H and O–H groups in total. The number of amides is 1. The summed E-state index contributed by atoms with van der Waals surface area (Å²) in [6, 6.07) is 7.11. The number of rotatable bonds is 4. The number of aromatic nitrogens is 1. The van der Waals surface area contributed by atoms with Gasteiger partial charge in [0.2, 0.25) is 0 Å². The summed E-state index contributed by atoms with van der Waals surface area (Å²) in [6.07, 6.45) is 0.749. The number of pyridine rings is 1. The van der Waals surface area contributed by atoms with Gasteiger partial charge >= 0.3 is 0 Å². The van der Waals surface area contributed by atoms with Crippen LogP contribution in [0.2, 0.25) is 0 Å². The standard InChI is InChI=1S/C15H14Br2N2O3/c1-8-3-4-13(11(17)5-8)22-9(2)14(20)19-12-6-10(16)7-18-15(12)21/h3-7,9H,1-2H3,(H,18,21)(H,19,20). The highest BCUT2D eigenvalue weighted by atomic mass is 79.9. The highest BCUT2D eigenvalue weighted by molar-refractivity contribution is 9.10. The second kappa shape index (κ2) is 7.11. The summed E-state index contributed by atoms with van der Waals surface area (Å²) < 4.78 is 7.06. The third-order valence-electron chi connectivity index (χ3n) is 2.89. The Morgan fingerprint density at radius 2 is 2.05 bits per heavy atom. The fourth-order valence-electron chi connectivity index (χ4n) is 1.73. The highest BCUT2D eigenvalue weighted by Crippen LogP contribution is 2.26. The van der Waals surface area contributed by atoms with Crippen LogP contribution in [0.15, 0.2) is 44.2 Å². The predicted molar refractivity (Wildman–Crippen MR) is 92.4 cm³/mol. The summed E-state index contributed by atoms with van der Waals surface area (Å²) in [5, 5.41) is 2.55. The van der Waals surface area contributed by atoms with Crippen molar-refractivity contribution < 1.29 is 9.53 Å². The van der Waals surface area contributed by atoms with Crippen LogP contribution in [0.3, 0.4) is 0 Å². The van der Waals surface area contributed by atoms with Crippen LogP contribution < -0.4 is 15.6 Å². The van der Waals surface area contributed by atoms with Gasteiger partial charge in [-0.2, -0.15) is 0 Å². The number of halogens is 2. The number of carbonyl (C=O) groups is 1. The molecule has 22 heavy (non-hydrogen) atoms. The summed E-state index contributed by atoms with van der Waals surface area (Å²) in [5.74, 6) is 0.160. The van der Waals surface area contributed by atoms with Gasteiger partial charge in [0.05, 0.1) is 4.47 Å². The number of H-pyrrole nitrogens is 1. The average Bonchev–Trinajstić information content (AvgIpc) is 2.45. The molecule has 1 amide bonds. The van der Waals surface area contributed by atoms with Crippen LogP contribution in [-0.4, -0.2) is 17.0 Å². The molecule has 116 valence electrons. The second-order valence-corrected chi connectivity index (χ2v) is 6.51. The smallest absolute Gasteiger partial charge is 0.271 e. The molecule has 0 aliphatic heterocycles. The minimum absolute atomic E-state index is 0.165. The van der Waals surface area contributed by atoms with Gasteiger partial charge in [-0.05, 0) is 69.5 Å². The number of ether oxygens (including phenoxy) is 1. The van der Waals surface area contributed by atoms with Crippen molar-refractivity contribution in [1.82, 2.24) is 4.98 Å². The third-order valence-corrected chi connectivity index (χ3v) is 3.96. The summed E-state index contributed by atoms with van der Waals surface area (Å²) in [7, 11) is 0. The molecular weight excluding hydrogens is 416 g/mol. The number of benzene rings is 1. The lowest BCUT2D eigenvalue weighted by atomic mass is 10.2. The first-order valence-corrected chi connectivity index (χ1v) is 8.07. The summed E-state index contributed by atoms with van der Waals surface area (Å²) in [4.78, 5) is 26.3. The van der Waals surface area contributed by atoms with Gasteiger partial charge in [-0.25, -0.2) is 0 Å². The minimum atomic E-state index is -0.752. The van der Waals surface area contributed by atoms with E-state index in [4.69, 9.17) is 4.74 Å². The van der Waals surface area contributed by atoms with Gasteiger partial charge in [0.25, 0.3) is 11.5 Å². The van der Waals surface area contributed by atoms with Gasteiger partial charge in [-0.1, -0.05) is 6.07 Å². The van der Waals surface area contributed by atoms with Crippen LogP contribution >= 0.6 is 31.9 Å². The monoisotopic (exact) mass is 428 g/mol. The maximum atomic E-state index is 12.1. The maximum Gasteiger partial charge on any atom is 0.271 e. The number of nitrogens with one attached hydrogen (secondary N) is 2. The fourth-order valence-corrected chi connectivity index (χ4v) is 2.66. The molecule has 0 aliphatic rings. The topological polar surface area (TPSA) is 71.2 Å². The number of anilines is 1. The molecule has 2 aromatic rings. The molecule has 1 aromatic heterocycles. The van der Waals surface area contributed by atoms with Gasteiger partial charge in [0.1, 0.15) is 11.4 Å². The molecule has 0 aliphatic carbocycles. The Morgan fingerprint density at radius 3 is 2.73 bits per heavy atom. The van der Waals surface area contributed by atoms with E-state index in [1.807, 2.05) is 19.1 Å².